The number of carbonyl (C=O) groups excluding carboxylic acids is 2. The van der Waals surface area contributed by atoms with Crippen molar-refractivity contribution in [2.24, 2.45) is 0 Å². The molecule has 0 bridgehead atoms. The molecule has 0 aromatic heterocycles. The van der Waals surface area contributed by atoms with Crippen LogP contribution in [0.15, 0.2) is 42.5 Å². The second kappa shape index (κ2) is 10.0. The number of nitrogens with one attached hydrogen (secondary N) is 3. The molecule has 0 radical (unpaired) electrons. The molecule has 0 saturated carbocycles. The largest absolute Gasteiger partial charge is 0.369 e. The third-order valence-electron chi connectivity index (χ3n) is 5.00. The first-order valence-electron chi connectivity index (χ1n) is 9.88. The molecule has 1 aliphatic heterocycles. The quantitative estimate of drug-likeness (QED) is 0.645. The number of rotatable bonds is 6. The second-order valence-corrected chi connectivity index (χ2v) is 7.18. The van der Waals surface area contributed by atoms with Gasteiger partial charge in [0.15, 0.2) is 0 Å². The molecule has 1 fully saturated rings. The maximum absolute atomic E-state index is 13.3. The van der Waals surface area contributed by atoms with Crippen LogP contribution in [0.5, 0.6) is 0 Å². The lowest BCUT2D eigenvalue weighted by Gasteiger charge is -2.29. The fraction of sp³-hybridized carbons (Fsp3) is 0.364. The van der Waals surface area contributed by atoms with E-state index in [4.69, 9.17) is 0 Å². The lowest BCUT2D eigenvalue weighted by molar-refractivity contribution is -0.139. The van der Waals surface area contributed by atoms with Gasteiger partial charge in [-0.2, -0.15) is 0 Å². The van der Waals surface area contributed by atoms with Crippen LogP contribution in [0, 0.1) is 12.7 Å². The van der Waals surface area contributed by atoms with E-state index in [1.165, 1.54) is 11.8 Å². The van der Waals surface area contributed by atoms with Gasteiger partial charge in [0.2, 0.25) is 0 Å². The SMILES string of the molecule is Cc1cc(CNC(=O)C(=O)NCCc2ccc(N3CCNCC3)cc2)ccc1F. The van der Waals surface area contributed by atoms with Crippen molar-refractivity contribution in [3.05, 3.63) is 65.0 Å². The molecular weight excluding hydrogens is 371 g/mol. The summed E-state index contributed by atoms with van der Waals surface area (Å²) in [5.74, 6) is -1.65. The number of benzene rings is 2. The van der Waals surface area contributed by atoms with Crippen LogP contribution in [-0.4, -0.2) is 44.5 Å². The number of halogens is 1. The Labute approximate surface area is 170 Å². The van der Waals surface area contributed by atoms with Crippen LogP contribution < -0.4 is 20.9 Å². The van der Waals surface area contributed by atoms with Crippen molar-refractivity contribution in [2.45, 2.75) is 19.9 Å². The monoisotopic (exact) mass is 398 g/mol. The van der Waals surface area contributed by atoms with E-state index in [-0.39, 0.29) is 12.4 Å². The van der Waals surface area contributed by atoms with Crippen molar-refractivity contribution in [2.75, 3.05) is 37.6 Å². The van der Waals surface area contributed by atoms with Crippen LogP contribution in [0.1, 0.15) is 16.7 Å². The molecule has 6 nitrogen and oxygen atoms in total. The van der Waals surface area contributed by atoms with Crippen LogP contribution in [-0.2, 0) is 22.6 Å². The number of hydrogen-bond donors (Lipinski definition) is 3. The number of carbonyl (C=O) groups is 2. The zero-order valence-electron chi connectivity index (χ0n) is 16.6. The molecule has 29 heavy (non-hydrogen) atoms. The summed E-state index contributed by atoms with van der Waals surface area (Å²) in [5, 5.41) is 8.53. The van der Waals surface area contributed by atoms with E-state index in [1.807, 2.05) is 0 Å². The zero-order valence-corrected chi connectivity index (χ0v) is 16.6. The maximum atomic E-state index is 13.3. The summed E-state index contributed by atoms with van der Waals surface area (Å²) < 4.78 is 13.3. The smallest absolute Gasteiger partial charge is 0.309 e. The Morgan fingerprint density at radius 2 is 1.66 bits per heavy atom. The van der Waals surface area contributed by atoms with E-state index < -0.39 is 11.8 Å². The van der Waals surface area contributed by atoms with Gasteiger partial charge in [-0.3, -0.25) is 9.59 Å². The summed E-state index contributed by atoms with van der Waals surface area (Å²) in [6.07, 6.45) is 0.651. The van der Waals surface area contributed by atoms with Crippen molar-refractivity contribution in [3.63, 3.8) is 0 Å². The molecule has 0 spiro atoms. The Hall–Kier alpha value is -2.93. The van der Waals surface area contributed by atoms with Crippen molar-refractivity contribution >= 4 is 17.5 Å². The van der Waals surface area contributed by atoms with Gasteiger partial charge < -0.3 is 20.9 Å². The number of hydrogen-bond acceptors (Lipinski definition) is 4. The summed E-state index contributed by atoms with van der Waals surface area (Å²) in [7, 11) is 0. The van der Waals surface area contributed by atoms with Crippen LogP contribution >= 0.6 is 0 Å². The summed E-state index contributed by atoms with van der Waals surface area (Å²) in [4.78, 5) is 26.2. The van der Waals surface area contributed by atoms with Gasteiger partial charge in [0.25, 0.3) is 0 Å². The average Bonchev–Trinajstić information content (AvgIpc) is 2.75. The van der Waals surface area contributed by atoms with E-state index in [1.54, 1.807) is 19.1 Å². The molecule has 1 heterocycles. The fourth-order valence-electron chi connectivity index (χ4n) is 3.28. The molecular formula is C22H27FN4O2. The zero-order chi connectivity index (χ0) is 20.6. The molecule has 1 aliphatic rings. The third-order valence-corrected chi connectivity index (χ3v) is 5.00. The van der Waals surface area contributed by atoms with Crippen LogP contribution in [0.3, 0.4) is 0 Å². The molecule has 1 saturated heterocycles. The highest BCUT2D eigenvalue weighted by molar-refractivity contribution is 6.35. The first-order valence-corrected chi connectivity index (χ1v) is 9.88. The maximum Gasteiger partial charge on any atom is 0.309 e. The van der Waals surface area contributed by atoms with Gasteiger partial charge in [-0.1, -0.05) is 24.3 Å². The van der Waals surface area contributed by atoms with Crippen molar-refractivity contribution < 1.29 is 14.0 Å². The van der Waals surface area contributed by atoms with Gasteiger partial charge in [0, 0.05) is 45.0 Å². The third kappa shape index (κ3) is 6.02. The second-order valence-electron chi connectivity index (χ2n) is 7.18. The van der Waals surface area contributed by atoms with Crippen LogP contribution in [0.4, 0.5) is 10.1 Å². The van der Waals surface area contributed by atoms with E-state index in [2.05, 4.69) is 45.1 Å². The topological polar surface area (TPSA) is 73.5 Å². The normalized spacial score (nSPS) is 13.8. The van der Waals surface area contributed by atoms with E-state index >= 15 is 0 Å². The molecule has 7 heteroatoms. The minimum atomic E-state index is -0.693. The standard InChI is InChI=1S/C22H27FN4O2/c1-16-14-18(4-7-20(16)23)15-26-22(29)21(28)25-9-8-17-2-5-19(6-3-17)27-12-10-24-11-13-27/h2-7,14,24H,8-13,15H2,1H3,(H,25,28)(H,26,29). The van der Waals surface area contributed by atoms with Crippen molar-refractivity contribution in [3.8, 4) is 0 Å². The van der Waals surface area contributed by atoms with Crippen LogP contribution in [0.25, 0.3) is 0 Å². The molecule has 0 aliphatic carbocycles. The Morgan fingerprint density at radius 1 is 1.00 bits per heavy atom. The lowest BCUT2D eigenvalue weighted by Crippen LogP contribution is -2.43. The predicted molar refractivity (Wildman–Crippen MR) is 111 cm³/mol. The highest BCUT2D eigenvalue weighted by Gasteiger charge is 2.13. The Morgan fingerprint density at radius 3 is 2.34 bits per heavy atom. The molecule has 2 aromatic carbocycles. The highest BCUT2D eigenvalue weighted by atomic mass is 19.1. The van der Waals surface area contributed by atoms with Gasteiger partial charge in [-0.25, -0.2) is 4.39 Å². The first-order chi connectivity index (χ1) is 14.0. The van der Waals surface area contributed by atoms with Gasteiger partial charge >= 0.3 is 11.8 Å². The van der Waals surface area contributed by atoms with Gasteiger partial charge in [-0.05, 0) is 48.2 Å². The van der Waals surface area contributed by atoms with Crippen molar-refractivity contribution in [1.29, 1.82) is 0 Å². The van der Waals surface area contributed by atoms with Gasteiger partial charge in [-0.15, -0.1) is 0 Å². The summed E-state index contributed by atoms with van der Waals surface area (Å²) in [5.41, 5.74) is 3.56. The minimum Gasteiger partial charge on any atom is -0.369 e. The number of amides is 2. The summed E-state index contributed by atoms with van der Waals surface area (Å²) in [6.45, 7) is 6.22. The van der Waals surface area contributed by atoms with E-state index in [0.29, 0.717) is 18.5 Å². The number of nitrogens with zero attached hydrogens (tertiary/aromatic N) is 1. The number of anilines is 1. The molecule has 3 rings (SSSR count). The first kappa shape index (κ1) is 20.8. The lowest BCUT2D eigenvalue weighted by atomic mass is 10.1. The molecule has 3 N–H and O–H groups in total. The predicted octanol–water partition coefficient (Wildman–Crippen LogP) is 1.52. The van der Waals surface area contributed by atoms with Crippen molar-refractivity contribution in [1.82, 2.24) is 16.0 Å². The number of aryl methyl sites for hydroxylation is 1. The average molecular weight is 398 g/mol. The molecule has 2 amide bonds. The Bertz CT molecular complexity index is 848. The minimum absolute atomic E-state index is 0.181. The summed E-state index contributed by atoms with van der Waals surface area (Å²) in [6, 6.07) is 12.9. The van der Waals surface area contributed by atoms with E-state index in [0.717, 1.165) is 37.3 Å². The molecule has 154 valence electrons. The Balaban J connectivity index is 1.39. The van der Waals surface area contributed by atoms with Gasteiger partial charge in [0.05, 0.1) is 0 Å². The highest BCUT2D eigenvalue weighted by Crippen LogP contribution is 2.16. The summed E-state index contributed by atoms with van der Waals surface area (Å²) >= 11 is 0. The fourth-order valence-corrected chi connectivity index (χ4v) is 3.28. The van der Waals surface area contributed by atoms with E-state index in [9.17, 15) is 14.0 Å². The molecule has 0 unspecified atom stereocenters. The Kier molecular flexibility index (Phi) is 7.19. The molecule has 0 atom stereocenters. The number of piperazine rings is 1. The molecule has 2 aromatic rings. The van der Waals surface area contributed by atoms with Crippen LogP contribution in [0.2, 0.25) is 0 Å². The van der Waals surface area contributed by atoms with Gasteiger partial charge in [0.1, 0.15) is 5.82 Å².